The van der Waals surface area contributed by atoms with Gasteiger partial charge in [0.25, 0.3) is 0 Å². The number of carbonyl (C=O) groups is 1. The third-order valence-corrected chi connectivity index (χ3v) is 4.39. The summed E-state index contributed by atoms with van der Waals surface area (Å²) in [7, 11) is 2.15. The van der Waals surface area contributed by atoms with Gasteiger partial charge < -0.3 is 15.3 Å². The number of rotatable bonds is 9. The van der Waals surface area contributed by atoms with Crippen LogP contribution in [0.4, 0.5) is 0 Å². The van der Waals surface area contributed by atoms with Gasteiger partial charge >= 0.3 is 5.97 Å². The Kier molecular flexibility index (Phi) is 7.74. The Morgan fingerprint density at radius 1 is 1.25 bits per heavy atom. The van der Waals surface area contributed by atoms with E-state index in [1.54, 1.807) is 6.92 Å². The van der Waals surface area contributed by atoms with Gasteiger partial charge in [-0.3, -0.25) is 4.79 Å². The summed E-state index contributed by atoms with van der Waals surface area (Å²) in [4.78, 5) is 13.7. The number of carboxylic acids is 1. The molecule has 4 heteroatoms. The van der Waals surface area contributed by atoms with E-state index in [1.165, 1.54) is 0 Å². The number of likely N-dealkylation sites (N-methyl/N-ethyl adjacent to an activating group) is 1. The third-order valence-electron chi connectivity index (χ3n) is 4.39. The first-order valence-electron chi connectivity index (χ1n) is 7.73. The Bertz CT molecular complexity index is 299. The minimum atomic E-state index is -0.789. The fraction of sp³-hybridized carbons (Fsp3) is 0.938. The van der Waals surface area contributed by atoms with E-state index in [4.69, 9.17) is 0 Å². The molecule has 0 rings (SSSR count). The monoisotopic (exact) mass is 286 g/mol. The van der Waals surface area contributed by atoms with Crippen molar-refractivity contribution in [2.45, 2.75) is 72.4 Å². The molecule has 0 saturated carbocycles. The Morgan fingerprint density at radius 3 is 2.20 bits per heavy atom. The molecular formula is C16H34N2O2. The smallest absolute Gasteiger partial charge is 0.323 e. The molecule has 2 unspecified atom stereocenters. The zero-order valence-corrected chi connectivity index (χ0v) is 14.4. The fourth-order valence-electron chi connectivity index (χ4n) is 2.36. The molecule has 0 amide bonds. The van der Waals surface area contributed by atoms with Gasteiger partial charge in [-0.1, -0.05) is 27.7 Å². The van der Waals surface area contributed by atoms with Gasteiger partial charge in [0.2, 0.25) is 0 Å². The van der Waals surface area contributed by atoms with E-state index in [0.29, 0.717) is 19.0 Å². The lowest BCUT2D eigenvalue weighted by Crippen LogP contribution is -2.49. The molecule has 20 heavy (non-hydrogen) atoms. The standard InChI is InChI=1S/C16H34N2O2/c1-8-17-16(6,14(19)20)11-9-10-12-18(7)13(2)15(3,4)5/h13,17H,8-12H2,1-7H3,(H,19,20). The van der Waals surface area contributed by atoms with Crippen molar-refractivity contribution in [3.05, 3.63) is 0 Å². The fourth-order valence-corrected chi connectivity index (χ4v) is 2.36. The SMILES string of the molecule is CCNC(C)(CCCCN(C)C(C)C(C)(C)C)C(=O)O. The summed E-state index contributed by atoms with van der Waals surface area (Å²) in [6.07, 6.45) is 2.64. The van der Waals surface area contributed by atoms with Crippen molar-refractivity contribution < 1.29 is 9.90 Å². The van der Waals surface area contributed by atoms with Gasteiger partial charge in [-0.2, -0.15) is 0 Å². The highest BCUT2D eigenvalue weighted by Crippen LogP contribution is 2.23. The molecule has 120 valence electrons. The van der Waals surface area contributed by atoms with E-state index in [1.807, 2.05) is 6.92 Å². The van der Waals surface area contributed by atoms with Crippen LogP contribution in [0.25, 0.3) is 0 Å². The van der Waals surface area contributed by atoms with Gasteiger partial charge in [-0.05, 0) is 58.7 Å². The molecule has 2 atom stereocenters. The molecular weight excluding hydrogens is 252 g/mol. The first-order valence-corrected chi connectivity index (χ1v) is 7.73. The van der Waals surface area contributed by atoms with E-state index in [0.717, 1.165) is 19.4 Å². The molecule has 0 aliphatic heterocycles. The van der Waals surface area contributed by atoms with Crippen molar-refractivity contribution in [3.63, 3.8) is 0 Å². The number of carboxylic acid groups (broad SMARTS) is 1. The predicted molar refractivity (Wildman–Crippen MR) is 85.1 cm³/mol. The predicted octanol–water partition coefficient (Wildman–Crippen LogP) is 2.98. The van der Waals surface area contributed by atoms with Crippen LogP contribution in [0, 0.1) is 5.41 Å². The first-order chi connectivity index (χ1) is 9.04. The van der Waals surface area contributed by atoms with Crippen molar-refractivity contribution in [1.29, 1.82) is 0 Å². The molecule has 4 nitrogen and oxygen atoms in total. The Morgan fingerprint density at radius 2 is 1.80 bits per heavy atom. The molecule has 0 radical (unpaired) electrons. The maximum atomic E-state index is 11.3. The highest BCUT2D eigenvalue weighted by molar-refractivity contribution is 5.78. The normalized spacial score (nSPS) is 17.0. The molecule has 0 bridgehead atoms. The molecule has 0 fully saturated rings. The summed E-state index contributed by atoms with van der Waals surface area (Å²) in [5.74, 6) is -0.754. The number of aliphatic carboxylic acids is 1. The van der Waals surface area contributed by atoms with Gasteiger partial charge in [0, 0.05) is 6.04 Å². The first kappa shape index (κ1) is 19.4. The zero-order chi connectivity index (χ0) is 16.0. The molecule has 0 aromatic carbocycles. The second-order valence-electron chi connectivity index (χ2n) is 7.15. The minimum Gasteiger partial charge on any atom is -0.480 e. The van der Waals surface area contributed by atoms with Crippen LogP contribution >= 0.6 is 0 Å². The number of unbranched alkanes of at least 4 members (excludes halogenated alkanes) is 1. The molecule has 2 N–H and O–H groups in total. The van der Waals surface area contributed by atoms with Gasteiger partial charge in [0.05, 0.1) is 0 Å². The van der Waals surface area contributed by atoms with Crippen LogP contribution in [0.2, 0.25) is 0 Å². The number of hydrogen-bond acceptors (Lipinski definition) is 3. The van der Waals surface area contributed by atoms with Gasteiger partial charge in [0.15, 0.2) is 0 Å². The molecule has 0 aromatic rings. The van der Waals surface area contributed by atoms with Gasteiger partial charge in [0.1, 0.15) is 5.54 Å². The zero-order valence-electron chi connectivity index (χ0n) is 14.4. The molecule has 0 spiro atoms. The highest BCUT2D eigenvalue weighted by Gasteiger charge is 2.31. The van der Waals surface area contributed by atoms with E-state index in [9.17, 15) is 9.90 Å². The van der Waals surface area contributed by atoms with Crippen molar-refractivity contribution in [1.82, 2.24) is 10.2 Å². The Balaban J connectivity index is 4.16. The summed E-state index contributed by atoms with van der Waals surface area (Å²) in [5.41, 5.74) is -0.517. The average molecular weight is 286 g/mol. The molecule has 0 aliphatic carbocycles. The van der Waals surface area contributed by atoms with Crippen LogP contribution in [0.3, 0.4) is 0 Å². The molecule has 0 aromatic heterocycles. The second kappa shape index (κ2) is 7.99. The molecule has 0 heterocycles. The topological polar surface area (TPSA) is 52.6 Å². The van der Waals surface area contributed by atoms with Crippen LogP contribution in [-0.2, 0) is 4.79 Å². The van der Waals surface area contributed by atoms with Crippen LogP contribution in [0.5, 0.6) is 0 Å². The van der Waals surface area contributed by atoms with Gasteiger partial charge in [-0.25, -0.2) is 0 Å². The van der Waals surface area contributed by atoms with Crippen molar-refractivity contribution >= 4 is 5.97 Å². The summed E-state index contributed by atoms with van der Waals surface area (Å²) in [6.45, 7) is 14.4. The van der Waals surface area contributed by atoms with E-state index in [-0.39, 0.29) is 5.41 Å². The lowest BCUT2D eigenvalue weighted by Gasteiger charge is -2.35. The summed E-state index contributed by atoms with van der Waals surface area (Å²) in [6, 6.07) is 0.516. The van der Waals surface area contributed by atoms with Crippen molar-refractivity contribution in [2.75, 3.05) is 20.1 Å². The van der Waals surface area contributed by atoms with Gasteiger partial charge in [-0.15, -0.1) is 0 Å². The Hall–Kier alpha value is -0.610. The third kappa shape index (κ3) is 6.23. The largest absolute Gasteiger partial charge is 0.480 e. The number of nitrogens with zero attached hydrogens (tertiary/aromatic N) is 1. The van der Waals surface area contributed by atoms with Crippen LogP contribution in [0.1, 0.15) is 60.8 Å². The molecule has 0 aliphatic rings. The van der Waals surface area contributed by atoms with Crippen molar-refractivity contribution in [3.8, 4) is 0 Å². The summed E-state index contributed by atoms with van der Waals surface area (Å²) < 4.78 is 0. The number of hydrogen-bond donors (Lipinski definition) is 2. The Labute approximate surface area is 124 Å². The maximum absolute atomic E-state index is 11.3. The molecule has 0 saturated heterocycles. The van der Waals surface area contributed by atoms with Crippen molar-refractivity contribution in [2.24, 2.45) is 5.41 Å². The average Bonchev–Trinajstić information content (AvgIpc) is 2.32. The lowest BCUT2D eigenvalue weighted by atomic mass is 9.87. The summed E-state index contributed by atoms with van der Waals surface area (Å²) >= 11 is 0. The van der Waals surface area contributed by atoms with Crippen LogP contribution in [-0.4, -0.2) is 47.7 Å². The van der Waals surface area contributed by atoms with Crippen LogP contribution < -0.4 is 5.32 Å². The minimum absolute atomic E-state index is 0.272. The van der Waals surface area contributed by atoms with E-state index >= 15 is 0 Å². The second-order valence-corrected chi connectivity index (χ2v) is 7.15. The highest BCUT2D eigenvalue weighted by atomic mass is 16.4. The van der Waals surface area contributed by atoms with E-state index in [2.05, 4.69) is 45.0 Å². The maximum Gasteiger partial charge on any atom is 0.323 e. The lowest BCUT2D eigenvalue weighted by molar-refractivity contribution is -0.144. The van der Waals surface area contributed by atoms with E-state index < -0.39 is 11.5 Å². The number of nitrogens with one attached hydrogen (secondary N) is 1. The van der Waals surface area contributed by atoms with Crippen LogP contribution in [0.15, 0.2) is 0 Å². The quantitative estimate of drug-likeness (QED) is 0.640. The summed E-state index contributed by atoms with van der Waals surface area (Å²) in [5, 5.41) is 12.4.